The maximum absolute atomic E-state index is 13.0. The van der Waals surface area contributed by atoms with Crippen molar-refractivity contribution >= 4 is 11.7 Å². The average molecular weight is 338 g/mol. The highest BCUT2D eigenvalue weighted by molar-refractivity contribution is 5.80. The largest absolute Gasteiger partial charge is 0.352 e. The van der Waals surface area contributed by atoms with E-state index < -0.39 is 0 Å². The van der Waals surface area contributed by atoms with Crippen molar-refractivity contribution in [1.29, 1.82) is 0 Å². The standard InChI is InChI=1S/C18H22N6O/c25-18(15-12-21-22-17(15)14-4-2-1-3-5-14)24-10-8-23(9-11-24)16-13-19-6-7-20-16/h1-7,13,15,17,21-22H,8-12H2. The molecule has 0 spiro atoms. The molecule has 2 fully saturated rings. The van der Waals surface area contributed by atoms with E-state index in [1.54, 1.807) is 18.6 Å². The SMILES string of the molecule is O=C(C1CNNC1c1ccccc1)N1CCN(c2cnccn2)CC1. The third-order valence-electron chi connectivity index (χ3n) is 4.92. The molecule has 7 heteroatoms. The molecule has 7 nitrogen and oxygen atoms in total. The minimum Gasteiger partial charge on any atom is -0.352 e. The van der Waals surface area contributed by atoms with Crippen molar-refractivity contribution in [3.8, 4) is 0 Å². The predicted octanol–water partition coefficient (Wildman–Crippen LogP) is 0.590. The fourth-order valence-electron chi connectivity index (χ4n) is 3.55. The van der Waals surface area contributed by atoms with E-state index in [0.29, 0.717) is 19.6 Å². The van der Waals surface area contributed by atoms with Crippen molar-refractivity contribution in [2.75, 3.05) is 37.6 Å². The Morgan fingerprint density at radius 3 is 2.60 bits per heavy atom. The van der Waals surface area contributed by atoms with Crippen LogP contribution in [0.15, 0.2) is 48.9 Å². The molecule has 0 bridgehead atoms. The zero-order valence-corrected chi connectivity index (χ0v) is 14.0. The van der Waals surface area contributed by atoms with Crippen LogP contribution in [0.3, 0.4) is 0 Å². The molecule has 1 aromatic carbocycles. The second-order valence-corrected chi connectivity index (χ2v) is 6.40. The molecule has 3 heterocycles. The quantitative estimate of drug-likeness (QED) is 0.853. The smallest absolute Gasteiger partial charge is 0.229 e. The number of hydrogen-bond acceptors (Lipinski definition) is 6. The molecule has 2 aromatic rings. The van der Waals surface area contributed by atoms with Crippen molar-refractivity contribution < 1.29 is 4.79 Å². The van der Waals surface area contributed by atoms with Crippen LogP contribution < -0.4 is 15.8 Å². The molecular formula is C18H22N6O. The van der Waals surface area contributed by atoms with Crippen LogP contribution in [0.1, 0.15) is 11.6 Å². The number of hydrogen-bond donors (Lipinski definition) is 2. The van der Waals surface area contributed by atoms with E-state index in [-0.39, 0.29) is 17.9 Å². The number of piperazine rings is 1. The van der Waals surface area contributed by atoms with Gasteiger partial charge in [0.05, 0.1) is 18.2 Å². The minimum atomic E-state index is -0.0783. The highest BCUT2D eigenvalue weighted by atomic mass is 16.2. The van der Waals surface area contributed by atoms with Gasteiger partial charge < -0.3 is 9.80 Å². The molecule has 0 saturated carbocycles. The molecule has 1 aromatic heterocycles. The van der Waals surface area contributed by atoms with Crippen molar-refractivity contribution in [2.24, 2.45) is 5.92 Å². The average Bonchev–Trinajstić information content (AvgIpc) is 3.19. The van der Waals surface area contributed by atoms with Crippen molar-refractivity contribution in [1.82, 2.24) is 25.7 Å². The van der Waals surface area contributed by atoms with E-state index in [0.717, 1.165) is 24.5 Å². The zero-order chi connectivity index (χ0) is 17.1. The van der Waals surface area contributed by atoms with E-state index in [9.17, 15) is 4.79 Å². The highest BCUT2D eigenvalue weighted by Crippen LogP contribution is 2.27. The molecule has 2 unspecified atom stereocenters. The van der Waals surface area contributed by atoms with E-state index in [1.807, 2.05) is 23.1 Å². The van der Waals surface area contributed by atoms with Gasteiger partial charge in [-0.1, -0.05) is 30.3 Å². The summed E-state index contributed by atoms with van der Waals surface area (Å²) < 4.78 is 0. The van der Waals surface area contributed by atoms with Gasteiger partial charge in [-0.25, -0.2) is 10.4 Å². The highest BCUT2D eigenvalue weighted by Gasteiger charge is 2.37. The summed E-state index contributed by atoms with van der Waals surface area (Å²) in [5.74, 6) is 1.01. The summed E-state index contributed by atoms with van der Waals surface area (Å²) in [7, 11) is 0. The lowest BCUT2D eigenvalue weighted by atomic mass is 9.93. The van der Waals surface area contributed by atoms with Gasteiger partial charge in [0.15, 0.2) is 0 Å². The summed E-state index contributed by atoms with van der Waals surface area (Å²) in [4.78, 5) is 25.6. The Balaban J connectivity index is 1.40. The van der Waals surface area contributed by atoms with Crippen LogP contribution in [0.4, 0.5) is 5.82 Å². The van der Waals surface area contributed by atoms with Gasteiger partial charge in [0.2, 0.25) is 5.91 Å². The number of hydrazine groups is 1. The lowest BCUT2D eigenvalue weighted by Crippen LogP contribution is -2.51. The van der Waals surface area contributed by atoms with Crippen LogP contribution in [0.25, 0.3) is 0 Å². The van der Waals surface area contributed by atoms with Gasteiger partial charge in [0.25, 0.3) is 0 Å². The van der Waals surface area contributed by atoms with Crippen LogP contribution in [0.2, 0.25) is 0 Å². The maximum Gasteiger partial charge on any atom is 0.229 e. The van der Waals surface area contributed by atoms with Gasteiger partial charge in [-0.3, -0.25) is 15.2 Å². The fourth-order valence-corrected chi connectivity index (χ4v) is 3.55. The molecule has 2 atom stereocenters. The Bertz CT molecular complexity index is 702. The first-order valence-corrected chi connectivity index (χ1v) is 8.66. The number of nitrogens with zero attached hydrogens (tertiary/aromatic N) is 4. The first-order valence-electron chi connectivity index (χ1n) is 8.66. The van der Waals surface area contributed by atoms with Crippen molar-refractivity contribution in [3.63, 3.8) is 0 Å². The Morgan fingerprint density at radius 1 is 1.08 bits per heavy atom. The molecular weight excluding hydrogens is 316 g/mol. The number of amides is 1. The van der Waals surface area contributed by atoms with Gasteiger partial charge in [0, 0.05) is 45.1 Å². The molecule has 2 aliphatic rings. The van der Waals surface area contributed by atoms with E-state index >= 15 is 0 Å². The summed E-state index contributed by atoms with van der Waals surface area (Å²) in [5, 5.41) is 0. The summed E-state index contributed by atoms with van der Waals surface area (Å²) in [5.41, 5.74) is 7.54. The normalized spacial score (nSPS) is 23.7. The molecule has 130 valence electrons. The van der Waals surface area contributed by atoms with Crippen molar-refractivity contribution in [3.05, 3.63) is 54.5 Å². The van der Waals surface area contributed by atoms with E-state index in [2.05, 4.69) is 37.9 Å². The third-order valence-corrected chi connectivity index (χ3v) is 4.92. The number of carbonyl (C=O) groups is 1. The molecule has 0 aliphatic carbocycles. The number of carbonyl (C=O) groups excluding carboxylic acids is 1. The van der Waals surface area contributed by atoms with Gasteiger partial charge in [0.1, 0.15) is 5.82 Å². The second-order valence-electron chi connectivity index (χ2n) is 6.40. The van der Waals surface area contributed by atoms with Crippen LogP contribution in [0.5, 0.6) is 0 Å². The maximum atomic E-state index is 13.0. The zero-order valence-electron chi connectivity index (χ0n) is 14.0. The van der Waals surface area contributed by atoms with Crippen LogP contribution in [0, 0.1) is 5.92 Å². The monoisotopic (exact) mass is 338 g/mol. The minimum absolute atomic E-state index is 0.0201. The first kappa shape index (κ1) is 16.0. The molecule has 25 heavy (non-hydrogen) atoms. The van der Waals surface area contributed by atoms with Gasteiger partial charge in [-0.05, 0) is 5.56 Å². The molecule has 2 saturated heterocycles. The van der Waals surface area contributed by atoms with Gasteiger partial charge in [-0.15, -0.1) is 0 Å². The Morgan fingerprint density at radius 2 is 1.88 bits per heavy atom. The molecule has 4 rings (SSSR count). The number of anilines is 1. The van der Waals surface area contributed by atoms with Gasteiger partial charge in [-0.2, -0.15) is 0 Å². The van der Waals surface area contributed by atoms with Crippen LogP contribution in [-0.2, 0) is 4.79 Å². The van der Waals surface area contributed by atoms with Gasteiger partial charge >= 0.3 is 0 Å². The number of benzene rings is 1. The first-order chi connectivity index (χ1) is 12.3. The van der Waals surface area contributed by atoms with Crippen LogP contribution in [-0.4, -0.2) is 53.5 Å². The summed E-state index contributed by atoms with van der Waals surface area (Å²) in [6.07, 6.45) is 5.15. The summed E-state index contributed by atoms with van der Waals surface area (Å²) in [6, 6.07) is 10.2. The topological polar surface area (TPSA) is 73.4 Å². The fraction of sp³-hybridized carbons (Fsp3) is 0.389. The number of nitrogens with one attached hydrogen (secondary N) is 2. The third kappa shape index (κ3) is 3.33. The molecule has 2 aliphatic heterocycles. The molecule has 0 radical (unpaired) electrons. The lowest BCUT2D eigenvalue weighted by molar-refractivity contribution is -0.135. The predicted molar refractivity (Wildman–Crippen MR) is 94.6 cm³/mol. The van der Waals surface area contributed by atoms with E-state index in [4.69, 9.17) is 0 Å². The van der Waals surface area contributed by atoms with Crippen LogP contribution >= 0.6 is 0 Å². The lowest BCUT2D eigenvalue weighted by Gasteiger charge is -2.37. The van der Waals surface area contributed by atoms with E-state index in [1.165, 1.54) is 0 Å². The Labute approximate surface area is 147 Å². The summed E-state index contributed by atoms with van der Waals surface area (Å²) in [6.45, 7) is 3.66. The number of aromatic nitrogens is 2. The Hall–Kier alpha value is -2.51. The van der Waals surface area contributed by atoms with Crippen molar-refractivity contribution in [2.45, 2.75) is 6.04 Å². The Kier molecular flexibility index (Phi) is 4.58. The summed E-state index contributed by atoms with van der Waals surface area (Å²) >= 11 is 0. The molecule has 1 amide bonds. The second kappa shape index (κ2) is 7.16. The molecule has 2 N–H and O–H groups in total. The number of rotatable bonds is 3.